The molecule has 21 heavy (non-hydrogen) atoms. The van der Waals surface area contributed by atoms with E-state index >= 15 is 0 Å². The van der Waals surface area contributed by atoms with Gasteiger partial charge in [0.1, 0.15) is 5.75 Å². The summed E-state index contributed by atoms with van der Waals surface area (Å²) in [5.41, 5.74) is 5.84. The molecule has 110 valence electrons. The quantitative estimate of drug-likeness (QED) is 0.822. The minimum Gasteiger partial charge on any atom is -0.493 e. The first-order valence-electron chi connectivity index (χ1n) is 6.08. The summed E-state index contributed by atoms with van der Waals surface area (Å²) in [6.45, 7) is 0. The van der Waals surface area contributed by atoms with Crippen LogP contribution in [0.4, 0.5) is 5.69 Å². The molecular weight excluding hydrogens is 274 g/mol. The van der Waals surface area contributed by atoms with Crippen LogP contribution >= 0.6 is 0 Å². The van der Waals surface area contributed by atoms with Crippen molar-refractivity contribution in [1.29, 1.82) is 0 Å². The summed E-state index contributed by atoms with van der Waals surface area (Å²) in [5.74, 6) is 0.685. The molecule has 0 saturated heterocycles. The van der Waals surface area contributed by atoms with Crippen LogP contribution in [0.5, 0.6) is 23.0 Å². The van der Waals surface area contributed by atoms with Gasteiger partial charge in [0, 0.05) is 11.8 Å². The monoisotopic (exact) mass is 289 g/mol. The third kappa shape index (κ3) is 3.00. The van der Waals surface area contributed by atoms with Gasteiger partial charge in [-0.3, -0.25) is 0 Å². The predicted molar refractivity (Wildman–Crippen MR) is 77.4 cm³/mol. The van der Waals surface area contributed by atoms with Crippen LogP contribution in [0.15, 0.2) is 36.4 Å². The molecule has 0 aliphatic carbocycles. The van der Waals surface area contributed by atoms with Gasteiger partial charge in [0.2, 0.25) is 5.75 Å². The van der Waals surface area contributed by atoms with Gasteiger partial charge in [-0.25, -0.2) is 4.79 Å². The zero-order valence-electron chi connectivity index (χ0n) is 11.6. The molecule has 0 bridgehead atoms. The molecule has 0 saturated carbocycles. The molecule has 0 heterocycles. The van der Waals surface area contributed by atoms with E-state index in [4.69, 9.17) is 25.1 Å². The molecule has 6 heteroatoms. The highest BCUT2D eigenvalue weighted by molar-refractivity contribution is 5.93. The van der Waals surface area contributed by atoms with Crippen molar-refractivity contribution in [3.8, 4) is 23.0 Å². The van der Waals surface area contributed by atoms with E-state index in [0.29, 0.717) is 23.0 Å². The maximum absolute atomic E-state index is 10.9. The first kappa shape index (κ1) is 14.5. The second-order valence-corrected chi connectivity index (χ2v) is 4.15. The molecular formula is C15H15NO5. The third-order valence-electron chi connectivity index (χ3n) is 2.86. The first-order chi connectivity index (χ1) is 10.1. The standard InChI is InChI=1S/C15H15NO5/c1-19-12-4-3-5-13(20-2)14(12)21-9-6-7-10(15(17)18)11(16)8-9/h3-8H,16H2,1-2H3,(H,17,18). The molecule has 0 amide bonds. The average Bonchev–Trinajstić information content (AvgIpc) is 2.47. The summed E-state index contributed by atoms with van der Waals surface area (Å²) in [7, 11) is 3.03. The highest BCUT2D eigenvalue weighted by Crippen LogP contribution is 2.40. The van der Waals surface area contributed by atoms with Crippen molar-refractivity contribution in [3.63, 3.8) is 0 Å². The Balaban J connectivity index is 2.38. The number of ether oxygens (including phenoxy) is 3. The molecule has 0 radical (unpaired) electrons. The minimum absolute atomic E-state index is 0.0225. The van der Waals surface area contributed by atoms with Crippen LogP contribution in [0.2, 0.25) is 0 Å². The number of hydrogen-bond donors (Lipinski definition) is 2. The van der Waals surface area contributed by atoms with Crippen molar-refractivity contribution in [1.82, 2.24) is 0 Å². The second kappa shape index (κ2) is 6.04. The molecule has 2 aromatic rings. The van der Waals surface area contributed by atoms with Crippen LogP contribution in [0.1, 0.15) is 10.4 Å². The van der Waals surface area contributed by atoms with Gasteiger partial charge in [-0.05, 0) is 24.3 Å². The smallest absolute Gasteiger partial charge is 0.337 e. The van der Waals surface area contributed by atoms with Crippen LogP contribution in [0.3, 0.4) is 0 Å². The fourth-order valence-corrected chi connectivity index (χ4v) is 1.83. The lowest BCUT2D eigenvalue weighted by Crippen LogP contribution is -2.02. The normalized spacial score (nSPS) is 10.0. The van der Waals surface area contributed by atoms with Gasteiger partial charge < -0.3 is 25.1 Å². The summed E-state index contributed by atoms with van der Waals surface area (Å²) < 4.78 is 16.2. The number of para-hydroxylation sites is 1. The molecule has 0 aliphatic rings. The topological polar surface area (TPSA) is 91.0 Å². The van der Waals surface area contributed by atoms with Gasteiger partial charge in [0.05, 0.1) is 19.8 Å². The Morgan fingerprint density at radius 2 is 1.71 bits per heavy atom. The van der Waals surface area contributed by atoms with E-state index < -0.39 is 5.97 Å². The van der Waals surface area contributed by atoms with E-state index in [9.17, 15) is 4.79 Å². The molecule has 6 nitrogen and oxygen atoms in total. The van der Waals surface area contributed by atoms with Crippen LogP contribution < -0.4 is 19.9 Å². The summed E-state index contributed by atoms with van der Waals surface area (Å²) in [5, 5.41) is 8.95. The fourth-order valence-electron chi connectivity index (χ4n) is 1.83. The molecule has 0 atom stereocenters. The van der Waals surface area contributed by atoms with Crippen LogP contribution in [-0.2, 0) is 0 Å². The minimum atomic E-state index is -1.09. The summed E-state index contributed by atoms with van der Waals surface area (Å²) >= 11 is 0. The lowest BCUT2D eigenvalue weighted by molar-refractivity contribution is 0.0698. The number of methoxy groups -OCH3 is 2. The second-order valence-electron chi connectivity index (χ2n) is 4.15. The van der Waals surface area contributed by atoms with Crippen molar-refractivity contribution in [3.05, 3.63) is 42.0 Å². The summed E-state index contributed by atoms with van der Waals surface area (Å²) in [4.78, 5) is 10.9. The van der Waals surface area contributed by atoms with Gasteiger partial charge in [-0.1, -0.05) is 6.07 Å². The highest BCUT2D eigenvalue weighted by atomic mass is 16.5. The number of carboxylic acids is 1. The van der Waals surface area contributed by atoms with E-state index in [1.54, 1.807) is 18.2 Å². The lowest BCUT2D eigenvalue weighted by atomic mass is 10.2. The Morgan fingerprint density at radius 1 is 1.10 bits per heavy atom. The number of carboxylic acid groups (broad SMARTS) is 1. The zero-order valence-corrected chi connectivity index (χ0v) is 11.6. The summed E-state index contributed by atoms with van der Waals surface area (Å²) in [6, 6.07) is 9.57. The Bertz CT molecular complexity index is 647. The van der Waals surface area contributed by atoms with E-state index in [2.05, 4.69) is 0 Å². The number of benzene rings is 2. The Labute approximate surface area is 121 Å². The largest absolute Gasteiger partial charge is 0.493 e. The molecule has 2 rings (SSSR count). The number of carbonyl (C=O) groups is 1. The lowest BCUT2D eigenvalue weighted by Gasteiger charge is -2.14. The van der Waals surface area contributed by atoms with E-state index in [1.165, 1.54) is 32.4 Å². The molecule has 2 aromatic carbocycles. The van der Waals surface area contributed by atoms with Crippen molar-refractivity contribution in [2.45, 2.75) is 0 Å². The van der Waals surface area contributed by atoms with Gasteiger partial charge in [0.15, 0.2) is 11.5 Å². The van der Waals surface area contributed by atoms with Crippen LogP contribution in [0.25, 0.3) is 0 Å². The maximum Gasteiger partial charge on any atom is 0.337 e. The third-order valence-corrected chi connectivity index (χ3v) is 2.86. The Morgan fingerprint density at radius 3 is 2.19 bits per heavy atom. The van der Waals surface area contributed by atoms with E-state index in [-0.39, 0.29) is 11.3 Å². The fraction of sp³-hybridized carbons (Fsp3) is 0.133. The number of nitrogen functional groups attached to an aromatic ring is 1. The molecule has 3 N–H and O–H groups in total. The van der Waals surface area contributed by atoms with Crippen molar-refractivity contribution in [2.24, 2.45) is 0 Å². The first-order valence-corrected chi connectivity index (χ1v) is 6.08. The van der Waals surface area contributed by atoms with E-state index in [1.807, 2.05) is 0 Å². The summed E-state index contributed by atoms with van der Waals surface area (Å²) in [6.07, 6.45) is 0. The molecule has 0 spiro atoms. The maximum atomic E-state index is 10.9. The van der Waals surface area contributed by atoms with Crippen molar-refractivity contribution in [2.75, 3.05) is 20.0 Å². The molecule has 0 aliphatic heterocycles. The Hall–Kier alpha value is -2.89. The number of rotatable bonds is 5. The van der Waals surface area contributed by atoms with Crippen LogP contribution in [-0.4, -0.2) is 25.3 Å². The van der Waals surface area contributed by atoms with Crippen molar-refractivity contribution < 1.29 is 24.1 Å². The molecule has 0 fully saturated rings. The molecule has 0 unspecified atom stereocenters. The number of nitrogens with two attached hydrogens (primary N) is 1. The SMILES string of the molecule is COc1cccc(OC)c1Oc1ccc(C(=O)O)c(N)c1. The van der Waals surface area contributed by atoms with Gasteiger partial charge in [-0.15, -0.1) is 0 Å². The number of anilines is 1. The van der Waals surface area contributed by atoms with Crippen molar-refractivity contribution >= 4 is 11.7 Å². The zero-order chi connectivity index (χ0) is 15.4. The van der Waals surface area contributed by atoms with Crippen LogP contribution in [0, 0.1) is 0 Å². The van der Waals surface area contributed by atoms with Gasteiger partial charge in [0.25, 0.3) is 0 Å². The van der Waals surface area contributed by atoms with Gasteiger partial charge >= 0.3 is 5.97 Å². The predicted octanol–water partition coefficient (Wildman–Crippen LogP) is 2.78. The Kier molecular flexibility index (Phi) is 4.18. The number of hydrogen-bond acceptors (Lipinski definition) is 5. The highest BCUT2D eigenvalue weighted by Gasteiger charge is 2.14. The average molecular weight is 289 g/mol. The molecule has 0 aromatic heterocycles. The van der Waals surface area contributed by atoms with Gasteiger partial charge in [-0.2, -0.15) is 0 Å². The van der Waals surface area contributed by atoms with E-state index in [0.717, 1.165) is 0 Å². The number of aromatic carboxylic acids is 1.